The fourth-order valence-electron chi connectivity index (χ4n) is 1.86. The minimum atomic E-state index is 0.376. The predicted molar refractivity (Wildman–Crippen MR) is 76.8 cm³/mol. The van der Waals surface area contributed by atoms with Gasteiger partial charge in [0.15, 0.2) is 11.5 Å². The van der Waals surface area contributed by atoms with Crippen molar-refractivity contribution in [3.63, 3.8) is 0 Å². The van der Waals surface area contributed by atoms with Crippen molar-refractivity contribution in [3.05, 3.63) is 18.0 Å². The van der Waals surface area contributed by atoms with Crippen LogP contribution in [0.1, 0.15) is 12.8 Å². The Balaban J connectivity index is 2.39. The topological polar surface area (TPSA) is 78.6 Å². The predicted octanol–water partition coefficient (Wildman–Crippen LogP) is 1.87. The molecule has 0 amide bonds. The zero-order valence-electron chi connectivity index (χ0n) is 12.6. The van der Waals surface area contributed by atoms with E-state index >= 15 is 0 Å². The maximum Gasteiger partial charge on any atom is 0.251 e. The van der Waals surface area contributed by atoms with Gasteiger partial charge in [0.05, 0.1) is 33.4 Å². The number of nitrogens with zero attached hydrogens (tertiary/aromatic N) is 2. The van der Waals surface area contributed by atoms with E-state index in [1.165, 1.54) is 0 Å². The second kappa shape index (κ2) is 6.94. The minimum absolute atomic E-state index is 0.376. The van der Waals surface area contributed by atoms with Gasteiger partial charge in [-0.2, -0.15) is 0 Å². The highest BCUT2D eigenvalue weighted by Crippen LogP contribution is 2.39. The van der Waals surface area contributed by atoms with Crippen molar-refractivity contribution in [1.82, 2.24) is 15.5 Å². The van der Waals surface area contributed by atoms with Gasteiger partial charge >= 0.3 is 0 Å². The first-order chi connectivity index (χ1) is 10.2. The Morgan fingerprint density at radius 1 is 1.00 bits per heavy atom. The maximum absolute atomic E-state index is 5.63. The lowest BCUT2D eigenvalue weighted by atomic mass is 10.1. The van der Waals surface area contributed by atoms with Gasteiger partial charge in [-0.25, -0.2) is 0 Å². The van der Waals surface area contributed by atoms with Crippen LogP contribution >= 0.6 is 0 Å². The fourth-order valence-corrected chi connectivity index (χ4v) is 1.86. The molecule has 0 radical (unpaired) electrons. The second-order valence-corrected chi connectivity index (χ2v) is 4.19. The second-order valence-electron chi connectivity index (χ2n) is 4.19. The lowest BCUT2D eigenvalue weighted by molar-refractivity contribution is 0.349. The summed E-state index contributed by atoms with van der Waals surface area (Å²) in [7, 11) is 4.71. The third-order valence-electron chi connectivity index (χ3n) is 2.93. The molecule has 0 saturated carbocycles. The lowest BCUT2D eigenvalue weighted by Gasteiger charge is -2.12. The number of aromatic nitrogens is 2. The summed E-state index contributed by atoms with van der Waals surface area (Å²) in [6.45, 7) is 3.37. The highest BCUT2D eigenvalue weighted by Gasteiger charge is 2.18. The standard InChI is InChI=1S/C14H19N3O4/c1-5-15-8-13-16-17-14(21-13)9-6-11(19-3)12(20-4)7-10(9)18-2/h6-7,15H,5,8H2,1-4H3. The number of benzene rings is 1. The Kier molecular flexibility index (Phi) is 4.99. The summed E-state index contributed by atoms with van der Waals surface area (Å²) in [4.78, 5) is 0. The molecule has 0 atom stereocenters. The molecule has 2 aromatic rings. The first-order valence-electron chi connectivity index (χ1n) is 6.57. The Labute approximate surface area is 123 Å². The van der Waals surface area contributed by atoms with Gasteiger partial charge in [-0.3, -0.25) is 0 Å². The largest absolute Gasteiger partial charge is 0.496 e. The van der Waals surface area contributed by atoms with E-state index in [4.69, 9.17) is 18.6 Å². The van der Waals surface area contributed by atoms with Crippen LogP contribution in [0, 0.1) is 0 Å². The van der Waals surface area contributed by atoms with Crippen LogP contribution < -0.4 is 19.5 Å². The van der Waals surface area contributed by atoms with E-state index < -0.39 is 0 Å². The van der Waals surface area contributed by atoms with Crippen LogP contribution in [0.15, 0.2) is 16.5 Å². The molecule has 1 N–H and O–H groups in total. The number of nitrogens with one attached hydrogen (secondary N) is 1. The highest BCUT2D eigenvalue weighted by atomic mass is 16.5. The molecule has 1 heterocycles. The van der Waals surface area contributed by atoms with Crippen LogP contribution in [0.5, 0.6) is 17.2 Å². The smallest absolute Gasteiger partial charge is 0.251 e. The molecule has 2 rings (SSSR count). The molecule has 1 aromatic heterocycles. The molecule has 0 spiro atoms. The quantitative estimate of drug-likeness (QED) is 0.834. The number of methoxy groups -OCH3 is 3. The number of ether oxygens (including phenoxy) is 3. The van der Waals surface area contributed by atoms with Crippen LogP contribution in [-0.2, 0) is 6.54 Å². The average molecular weight is 293 g/mol. The molecule has 1 aromatic carbocycles. The highest BCUT2D eigenvalue weighted by molar-refractivity contribution is 5.68. The first-order valence-corrected chi connectivity index (χ1v) is 6.57. The number of hydrogen-bond acceptors (Lipinski definition) is 7. The van der Waals surface area contributed by atoms with Gasteiger partial charge in [0.25, 0.3) is 5.89 Å². The van der Waals surface area contributed by atoms with Gasteiger partial charge in [0.2, 0.25) is 5.89 Å². The summed E-state index contributed by atoms with van der Waals surface area (Å²) in [5.74, 6) is 2.61. The Bertz CT molecular complexity index is 598. The van der Waals surface area contributed by atoms with Crippen LogP contribution in [0.4, 0.5) is 0 Å². The third-order valence-corrected chi connectivity index (χ3v) is 2.93. The van der Waals surface area contributed by atoms with E-state index in [0.29, 0.717) is 41.1 Å². The van der Waals surface area contributed by atoms with Crippen LogP contribution in [0.2, 0.25) is 0 Å². The van der Waals surface area contributed by atoms with Crippen LogP contribution in [0.3, 0.4) is 0 Å². The van der Waals surface area contributed by atoms with E-state index in [9.17, 15) is 0 Å². The van der Waals surface area contributed by atoms with Crippen molar-refractivity contribution >= 4 is 0 Å². The molecule has 7 heteroatoms. The maximum atomic E-state index is 5.63. The van der Waals surface area contributed by atoms with Crippen molar-refractivity contribution < 1.29 is 18.6 Å². The summed E-state index contributed by atoms with van der Waals surface area (Å²) in [5, 5.41) is 11.2. The Morgan fingerprint density at radius 2 is 1.67 bits per heavy atom. The molecule has 0 fully saturated rings. The van der Waals surface area contributed by atoms with E-state index in [1.54, 1.807) is 33.5 Å². The molecule has 0 unspecified atom stereocenters. The van der Waals surface area contributed by atoms with E-state index in [-0.39, 0.29) is 0 Å². The van der Waals surface area contributed by atoms with Crippen molar-refractivity contribution in [2.24, 2.45) is 0 Å². The number of rotatable bonds is 7. The van der Waals surface area contributed by atoms with Gasteiger partial charge in [-0.15, -0.1) is 10.2 Å². The summed E-state index contributed by atoms with van der Waals surface area (Å²) in [5.41, 5.74) is 0.658. The van der Waals surface area contributed by atoms with Gasteiger partial charge in [0.1, 0.15) is 5.75 Å². The molecule has 0 aliphatic carbocycles. The van der Waals surface area contributed by atoms with Crippen LogP contribution in [0.25, 0.3) is 11.5 Å². The van der Waals surface area contributed by atoms with E-state index in [2.05, 4.69) is 15.5 Å². The Morgan fingerprint density at radius 3 is 2.29 bits per heavy atom. The molecular formula is C14H19N3O4. The zero-order chi connectivity index (χ0) is 15.2. The van der Waals surface area contributed by atoms with Crippen molar-refractivity contribution in [2.75, 3.05) is 27.9 Å². The fraction of sp³-hybridized carbons (Fsp3) is 0.429. The van der Waals surface area contributed by atoms with Crippen LogP contribution in [-0.4, -0.2) is 38.1 Å². The zero-order valence-corrected chi connectivity index (χ0v) is 12.6. The van der Waals surface area contributed by atoms with E-state index in [0.717, 1.165) is 6.54 Å². The van der Waals surface area contributed by atoms with Gasteiger partial charge in [-0.1, -0.05) is 6.92 Å². The monoisotopic (exact) mass is 293 g/mol. The Hall–Kier alpha value is -2.28. The minimum Gasteiger partial charge on any atom is -0.496 e. The molecule has 114 valence electrons. The average Bonchev–Trinajstić information content (AvgIpc) is 3.00. The molecule has 0 saturated heterocycles. The third kappa shape index (κ3) is 3.25. The van der Waals surface area contributed by atoms with Crippen molar-refractivity contribution in [3.8, 4) is 28.7 Å². The summed E-state index contributed by atoms with van der Waals surface area (Å²) in [6.07, 6.45) is 0. The summed E-state index contributed by atoms with van der Waals surface area (Å²) >= 11 is 0. The first kappa shape index (κ1) is 15.1. The molecule has 21 heavy (non-hydrogen) atoms. The molecule has 7 nitrogen and oxygen atoms in total. The number of hydrogen-bond donors (Lipinski definition) is 1. The van der Waals surface area contributed by atoms with Crippen molar-refractivity contribution in [1.29, 1.82) is 0 Å². The van der Waals surface area contributed by atoms with Gasteiger partial charge < -0.3 is 23.9 Å². The van der Waals surface area contributed by atoms with Gasteiger partial charge in [-0.05, 0) is 6.54 Å². The van der Waals surface area contributed by atoms with E-state index in [1.807, 2.05) is 6.92 Å². The lowest BCUT2D eigenvalue weighted by Crippen LogP contribution is -2.11. The molecule has 0 aliphatic heterocycles. The normalized spacial score (nSPS) is 10.5. The molecular weight excluding hydrogens is 274 g/mol. The molecule has 0 aliphatic rings. The summed E-state index contributed by atoms with van der Waals surface area (Å²) < 4.78 is 21.5. The van der Waals surface area contributed by atoms with Gasteiger partial charge in [0, 0.05) is 12.1 Å². The summed E-state index contributed by atoms with van der Waals surface area (Å²) in [6, 6.07) is 3.48. The van der Waals surface area contributed by atoms with Crippen molar-refractivity contribution in [2.45, 2.75) is 13.5 Å². The SMILES string of the molecule is CCNCc1nnc(-c2cc(OC)c(OC)cc2OC)o1. The molecule has 0 bridgehead atoms.